The van der Waals surface area contributed by atoms with Gasteiger partial charge in [-0.3, -0.25) is 4.39 Å². The Balaban J connectivity index is 2.47. The predicted molar refractivity (Wildman–Crippen MR) is 82.4 cm³/mol. The minimum atomic E-state index is -0.727. The van der Waals surface area contributed by atoms with Gasteiger partial charge >= 0.3 is 0 Å². The van der Waals surface area contributed by atoms with Crippen LogP contribution in [0.1, 0.15) is 37.7 Å². The number of hydrogen-bond acceptors (Lipinski definition) is 0. The molecule has 0 saturated heterocycles. The lowest BCUT2D eigenvalue weighted by Gasteiger charge is -2.10. The van der Waals surface area contributed by atoms with Crippen LogP contribution in [0, 0.1) is 0 Å². The predicted octanol–water partition coefficient (Wildman–Crippen LogP) is 5.02. The van der Waals surface area contributed by atoms with E-state index in [0.717, 1.165) is 19.3 Å². The molecule has 0 amide bonds. The molecule has 0 aliphatic rings. The van der Waals surface area contributed by atoms with E-state index in [1.165, 1.54) is 18.4 Å². The average Bonchev–Trinajstić information content (AvgIpc) is 2.38. The van der Waals surface area contributed by atoms with Crippen molar-refractivity contribution in [2.75, 3.05) is 6.67 Å². The molecular formula is C16H25FSi. The van der Waals surface area contributed by atoms with Gasteiger partial charge in [0.2, 0.25) is 0 Å². The van der Waals surface area contributed by atoms with Crippen LogP contribution in [0.2, 0.25) is 13.1 Å². The fraction of sp³-hybridized carbons (Fsp3) is 0.500. The molecule has 0 aliphatic heterocycles. The van der Waals surface area contributed by atoms with Gasteiger partial charge < -0.3 is 0 Å². The third-order valence-corrected chi connectivity index (χ3v) is 5.18. The maximum absolute atomic E-state index is 12.0. The van der Waals surface area contributed by atoms with Gasteiger partial charge in [-0.05, 0) is 24.8 Å². The summed E-state index contributed by atoms with van der Waals surface area (Å²) in [6.45, 7) is 4.61. The quantitative estimate of drug-likeness (QED) is 0.457. The highest BCUT2D eigenvalue weighted by atomic mass is 28.3. The normalized spacial score (nSPS) is 12.1. The van der Waals surface area contributed by atoms with Gasteiger partial charge in [0.25, 0.3) is 0 Å². The highest BCUT2D eigenvalue weighted by molar-refractivity contribution is 6.64. The van der Waals surface area contributed by atoms with Gasteiger partial charge in [-0.15, -0.1) is 0 Å². The molecule has 2 heteroatoms. The largest absolute Gasteiger partial charge is 0.251 e. The lowest BCUT2D eigenvalue weighted by molar-refractivity contribution is 0.453. The number of hydrogen-bond donors (Lipinski definition) is 0. The number of allylic oxidation sites excluding steroid dienone is 1. The first kappa shape index (κ1) is 15.2. The Morgan fingerprint density at radius 1 is 1.06 bits per heavy atom. The summed E-state index contributed by atoms with van der Waals surface area (Å²) in [5, 5.41) is 1.64. The summed E-state index contributed by atoms with van der Waals surface area (Å²) in [6.07, 6.45) is 7.71. The molecule has 0 radical (unpaired) electrons. The van der Waals surface area contributed by atoms with Gasteiger partial charge in [0.15, 0.2) is 0 Å². The molecule has 0 aromatic heterocycles. The summed E-state index contributed by atoms with van der Waals surface area (Å²) in [4.78, 5) is 0. The molecular weight excluding hydrogens is 239 g/mol. The van der Waals surface area contributed by atoms with Crippen molar-refractivity contribution in [2.24, 2.45) is 0 Å². The van der Waals surface area contributed by atoms with E-state index in [4.69, 9.17) is 0 Å². The minimum Gasteiger partial charge on any atom is -0.251 e. The summed E-state index contributed by atoms with van der Waals surface area (Å²) in [6, 6.07) is 10.6. The number of rotatable bonds is 8. The van der Waals surface area contributed by atoms with E-state index < -0.39 is 8.80 Å². The number of alkyl halides is 1. The van der Waals surface area contributed by atoms with Gasteiger partial charge in [0, 0.05) is 0 Å². The SMILES string of the molecule is C[SiH](C)C(=Cc1ccccc1)CCCCCCF. The van der Waals surface area contributed by atoms with Crippen molar-refractivity contribution >= 4 is 14.9 Å². The van der Waals surface area contributed by atoms with Crippen LogP contribution in [0.15, 0.2) is 35.5 Å². The van der Waals surface area contributed by atoms with Crippen molar-refractivity contribution in [3.8, 4) is 0 Å². The maximum atomic E-state index is 12.0. The van der Waals surface area contributed by atoms with Crippen LogP contribution in [0.25, 0.3) is 6.08 Å². The first-order valence-electron chi connectivity index (χ1n) is 7.05. The molecule has 0 heterocycles. The maximum Gasteiger partial charge on any atom is 0.0894 e. The number of benzene rings is 1. The summed E-state index contributed by atoms with van der Waals surface area (Å²) in [5.74, 6) is 0. The Hall–Kier alpha value is -0.893. The Morgan fingerprint density at radius 3 is 2.33 bits per heavy atom. The lowest BCUT2D eigenvalue weighted by atomic mass is 10.1. The van der Waals surface area contributed by atoms with Crippen LogP contribution >= 0.6 is 0 Å². The van der Waals surface area contributed by atoms with Crippen molar-refractivity contribution in [3.05, 3.63) is 41.1 Å². The van der Waals surface area contributed by atoms with Crippen LogP contribution < -0.4 is 0 Å². The van der Waals surface area contributed by atoms with Crippen LogP contribution in [0.3, 0.4) is 0 Å². The highest BCUT2D eigenvalue weighted by Crippen LogP contribution is 2.17. The third kappa shape index (κ3) is 6.15. The van der Waals surface area contributed by atoms with Crippen LogP contribution in [-0.4, -0.2) is 15.5 Å². The molecule has 1 aromatic carbocycles. The Bertz CT molecular complexity index is 343. The summed E-state index contributed by atoms with van der Waals surface area (Å²) in [5.41, 5.74) is 1.32. The molecule has 0 saturated carbocycles. The molecule has 0 N–H and O–H groups in total. The summed E-state index contributed by atoms with van der Waals surface area (Å²) >= 11 is 0. The second-order valence-electron chi connectivity index (χ2n) is 5.14. The van der Waals surface area contributed by atoms with Gasteiger partial charge in [-0.2, -0.15) is 0 Å². The lowest BCUT2D eigenvalue weighted by Crippen LogP contribution is -2.05. The molecule has 100 valence electrons. The second-order valence-corrected chi connectivity index (χ2v) is 8.19. The van der Waals surface area contributed by atoms with Crippen molar-refractivity contribution in [1.29, 1.82) is 0 Å². The van der Waals surface area contributed by atoms with Gasteiger partial charge in [-0.1, -0.05) is 67.5 Å². The minimum absolute atomic E-state index is 0.161. The van der Waals surface area contributed by atoms with Gasteiger partial charge in [-0.25, -0.2) is 0 Å². The van der Waals surface area contributed by atoms with E-state index in [1.54, 1.807) is 5.20 Å². The molecule has 0 nitrogen and oxygen atoms in total. The fourth-order valence-corrected chi connectivity index (χ4v) is 3.38. The van der Waals surface area contributed by atoms with Crippen molar-refractivity contribution < 1.29 is 4.39 Å². The fourth-order valence-electron chi connectivity index (χ4n) is 2.07. The average molecular weight is 264 g/mol. The molecule has 18 heavy (non-hydrogen) atoms. The summed E-state index contributed by atoms with van der Waals surface area (Å²) in [7, 11) is -0.727. The zero-order chi connectivity index (χ0) is 13.2. The molecule has 0 fully saturated rings. The van der Waals surface area contributed by atoms with Crippen LogP contribution in [0.4, 0.5) is 4.39 Å². The van der Waals surface area contributed by atoms with Crippen LogP contribution in [0.5, 0.6) is 0 Å². The van der Waals surface area contributed by atoms with E-state index >= 15 is 0 Å². The van der Waals surface area contributed by atoms with E-state index in [-0.39, 0.29) is 6.67 Å². The van der Waals surface area contributed by atoms with Crippen molar-refractivity contribution in [3.63, 3.8) is 0 Å². The Labute approximate surface area is 113 Å². The number of unbranched alkanes of at least 4 members (excludes halogenated alkanes) is 3. The molecule has 0 aliphatic carbocycles. The van der Waals surface area contributed by atoms with Gasteiger partial charge in [0.1, 0.15) is 0 Å². The smallest absolute Gasteiger partial charge is 0.0894 e. The van der Waals surface area contributed by atoms with E-state index in [9.17, 15) is 4.39 Å². The molecule has 0 bridgehead atoms. The molecule has 1 rings (SSSR count). The molecule has 0 unspecified atom stereocenters. The Morgan fingerprint density at radius 2 is 1.72 bits per heavy atom. The van der Waals surface area contributed by atoms with Gasteiger partial charge in [0.05, 0.1) is 15.5 Å². The zero-order valence-corrected chi connectivity index (χ0v) is 12.8. The standard InChI is InChI=1S/C16H25FSi/c1-18(2)16(12-8-3-4-9-13-17)14-15-10-6-5-7-11-15/h5-7,10-11,14,18H,3-4,8-9,12-13H2,1-2H3. The highest BCUT2D eigenvalue weighted by Gasteiger charge is 2.04. The first-order valence-corrected chi connectivity index (χ1v) is 9.94. The van der Waals surface area contributed by atoms with Crippen molar-refractivity contribution in [1.82, 2.24) is 0 Å². The number of halogens is 1. The monoisotopic (exact) mass is 264 g/mol. The van der Waals surface area contributed by atoms with E-state index in [1.807, 2.05) is 0 Å². The first-order chi connectivity index (χ1) is 8.74. The summed E-state index contributed by atoms with van der Waals surface area (Å²) < 4.78 is 12.0. The topological polar surface area (TPSA) is 0 Å². The second kappa shape index (κ2) is 9.09. The molecule has 0 atom stereocenters. The van der Waals surface area contributed by atoms with E-state index in [0.29, 0.717) is 0 Å². The molecule has 1 aromatic rings. The Kier molecular flexibility index (Phi) is 7.66. The zero-order valence-electron chi connectivity index (χ0n) is 11.7. The molecule has 0 spiro atoms. The van der Waals surface area contributed by atoms with Crippen molar-refractivity contribution in [2.45, 2.75) is 45.2 Å². The van der Waals surface area contributed by atoms with E-state index in [2.05, 4.69) is 49.5 Å². The van der Waals surface area contributed by atoms with Crippen LogP contribution in [-0.2, 0) is 0 Å². The third-order valence-electron chi connectivity index (χ3n) is 3.24.